The Balaban J connectivity index is 2.52. The molecule has 18 heavy (non-hydrogen) atoms. The number of benzene rings is 2. The highest BCUT2D eigenvalue weighted by atomic mass is 35.5. The second-order valence-corrected chi connectivity index (χ2v) is 4.99. The van der Waals surface area contributed by atoms with Crippen molar-refractivity contribution >= 4 is 22.4 Å². The Hall–Kier alpha value is -1.05. The van der Waals surface area contributed by atoms with Crippen LogP contribution in [0.4, 0.5) is 0 Å². The molecule has 0 spiro atoms. The maximum atomic E-state index is 6.27. The minimum Gasteiger partial charge on any atom is -0.310 e. The molecule has 0 aliphatic heterocycles. The zero-order chi connectivity index (χ0) is 13.0. The van der Waals surface area contributed by atoms with Crippen LogP contribution in [0, 0.1) is 0 Å². The molecule has 0 aromatic heterocycles. The third-order valence-electron chi connectivity index (χ3n) is 3.31. The van der Waals surface area contributed by atoms with E-state index >= 15 is 0 Å². The van der Waals surface area contributed by atoms with E-state index in [9.17, 15) is 0 Å². The molecule has 0 saturated carbocycles. The molecule has 2 rings (SSSR count). The fourth-order valence-corrected chi connectivity index (χ4v) is 2.72. The second-order valence-electron chi connectivity index (χ2n) is 4.58. The van der Waals surface area contributed by atoms with Gasteiger partial charge < -0.3 is 5.32 Å². The third-order valence-corrected chi connectivity index (χ3v) is 3.64. The van der Waals surface area contributed by atoms with E-state index in [0.29, 0.717) is 6.04 Å². The Bertz CT molecular complexity index is 515. The molecule has 1 nitrogen and oxygen atoms in total. The highest BCUT2D eigenvalue weighted by molar-refractivity contribution is 6.35. The summed E-state index contributed by atoms with van der Waals surface area (Å²) in [6, 6.07) is 13.0. The van der Waals surface area contributed by atoms with Crippen LogP contribution < -0.4 is 5.32 Å². The average Bonchev–Trinajstić information content (AvgIpc) is 2.39. The average molecular weight is 262 g/mol. The van der Waals surface area contributed by atoms with Crippen LogP contribution in [-0.4, -0.2) is 6.54 Å². The Morgan fingerprint density at radius 2 is 1.78 bits per heavy atom. The quantitative estimate of drug-likeness (QED) is 0.804. The van der Waals surface area contributed by atoms with E-state index in [2.05, 4.69) is 43.4 Å². The lowest BCUT2D eigenvalue weighted by Crippen LogP contribution is -2.20. The van der Waals surface area contributed by atoms with Crippen LogP contribution in [0.15, 0.2) is 36.4 Å². The normalized spacial score (nSPS) is 12.8. The van der Waals surface area contributed by atoms with Crippen molar-refractivity contribution in [2.24, 2.45) is 0 Å². The number of hydrogen-bond acceptors (Lipinski definition) is 1. The summed E-state index contributed by atoms with van der Waals surface area (Å²) in [7, 11) is 0. The zero-order valence-corrected chi connectivity index (χ0v) is 11.8. The monoisotopic (exact) mass is 261 g/mol. The van der Waals surface area contributed by atoms with Gasteiger partial charge in [-0.15, -0.1) is 0 Å². The van der Waals surface area contributed by atoms with Crippen molar-refractivity contribution < 1.29 is 0 Å². The van der Waals surface area contributed by atoms with E-state index < -0.39 is 0 Å². The van der Waals surface area contributed by atoms with Crippen molar-refractivity contribution in [1.29, 1.82) is 0 Å². The van der Waals surface area contributed by atoms with Gasteiger partial charge in [0.15, 0.2) is 0 Å². The molecule has 2 heteroatoms. The van der Waals surface area contributed by atoms with Crippen LogP contribution in [0.25, 0.3) is 10.8 Å². The summed E-state index contributed by atoms with van der Waals surface area (Å²) in [6.45, 7) is 5.37. The highest BCUT2D eigenvalue weighted by Crippen LogP contribution is 2.31. The molecule has 0 heterocycles. The SMILES string of the molecule is CCCC(NCC)c1ccc(Cl)c2ccccc12. The highest BCUT2D eigenvalue weighted by Gasteiger charge is 2.13. The summed E-state index contributed by atoms with van der Waals surface area (Å²) in [6.07, 6.45) is 2.33. The Labute approximate surface area is 114 Å². The smallest absolute Gasteiger partial charge is 0.0484 e. The molecular weight excluding hydrogens is 242 g/mol. The molecule has 0 fully saturated rings. The molecule has 0 saturated heterocycles. The van der Waals surface area contributed by atoms with Gasteiger partial charge in [0.05, 0.1) is 0 Å². The fraction of sp³-hybridized carbons (Fsp3) is 0.375. The Morgan fingerprint density at radius 3 is 2.44 bits per heavy atom. The molecular formula is C16H20ClN. The van der Waals surface area contributed by atoms with Gasteiger partial charge >= 0.3 is 0 Å². The lowest BCUT2D eigenvalue weighted by Gasteiger charge is -2.20. The molecule has 96 valence electrons. The minimum atomic E-state index is 0.419. The van der Waals surface area contributed by atoms with Crippen molar-refractivity contribution in [3.8, 4) is 0 Å². The molecule has 2 aromatic carbocycles. The van der Waals surface area contributed by atoms with E-state index in [0.717, 1.165) is 23.4 Å². The summed E-state index contributed by atoms with van der Waals surface area (Å²) in [5, 5.41) is 6.82. The fourth-order valence-electron chi connectivity index (χ4n) is 2.49. The van der Waals surface area contributed by atoms with Crippen molar-refractivity contribution in [3.05, 3.63) is 47.0 Å². The van der Waals surface area contributed by atoms with E-state index in [-0.39, 0.29) is 0 Å². The van der Waals surface area contributed by atoms with Gasteiger partial charge in [-0.3, -0.25) is 0 Å². The first-order valence-electron chi connectivity index (χ1n) is 6.68. The van der Waals surface area contributed by atoms with Crippen LogP contribution in [0.3, 0.4) is 0 Å². The van der Waals surface area contributed by atoms with Gasteiger partial charge in [-0.25, -0.2) is 0 Å². The van der Waals surface area contributed by atoms with Crippen molar-refractivity contribution in [1.82, 2.24) is 5.32 Å². The van der Waals surface area contributed by atoms with Gasteiger partial charge in [0, 0.05) is 16.5 Å². The van der Waals surface area contributed by atoms with E-state index in [1.165, 1.54) is 17.4 Å². The molecule has 1 N–H and O–H groups in total. The topological polar surface area (TPSA) is 12.0 Å². The molecule has 1 atom stereocenters. The first-order chi connectivity index (χ1) is 8.77. The summed E-state index contributed by atoms with van der Waals surface area (Å²) in [5.41, 5.74) is 1.36. The molecule has 1 unspecified atom stereocenters. The van der Waals surface area contributed by atoms with Crippen LogP contribution in [-0.2, 0) is 0 Å². The number of hydrogen-bond donors (Lipinski definition) is 1. The van der Waals surface area contributed by atoms with Gasteiger partial charge in [-0.05, 0) is 30.0 Å². The van der Waals surface area contributed by atoms with Crippen LogP contribution in [0.2, 0.25) is 5.02 Å². The lowest BCUT2D eigenvalue weighted by molar-refractivity contribution is 0.512. The van der Waals surface area contributed by atoms with Gasteiger partial charge in [0.1, 0.15) is 0 Å². The second kappa shape index (κ2) is 6.21. The zero-order valence-electron chi connectivity index (χ0n) is 11.0. The summed E-state index contributed by atoms with van der Waals surface area (Å²) >= 11 is 6.27. The number of fused-ring (bicyclic) bond motifs is 1. The summed E-state index contributed by atoms with van der Waals surface area (Å²) in [5.74, 6) is 0. The van der Waals surface area contributed by atoms with E-state index in [1.54, 1.807) is 0 Å². The van der Waals surface area contributed by atoms with Crippen molar-refractivity contribution in [2.45, 2.75) is 32.7 Å². The maximum absolute atomic E-state index is 6.27. The van der Waals surface area contributed by atoms with Crippen LogP contribution >= 0.6 is 11.6 Å². The van der Waals surface area contributed by atoms with Gasteiger partial charge in [0.25, 0.3) is 0 Å². The Kier molecular flexibility index (Phi) is 4.62. The van der Waals surface area contributed by atoms with Crippen molar-refractivity contribution in [3.63, 3.8) is 0 Å². The molecule has 0 amide bonds. The molecule has 0 bridgehead atoms. The predicted octanol–water partition coefficient (Wildman–Crippen LogP) is 4.94. The first-order valence-corrected chi connectivity index (χ1v) is 7.06. The van der Waals surface area contributed by atoms with Crippen molar-refractivity contribution in [2.75, 3.05) is 6.54 Å². The largest absolute Gasteiger partial charge is 0.310 e. The molecule has 0 radical (unpaired) electrons. The number of halogens is 1. The van der Waals surface area contributed by atoms with E-state index in [4.69, 9.17) is 11.6 Å². The Morgan fingerprint density at radius 1 is 1.06 bits per heavy atom. The van der Waals surface area contributed by atoms with Crippen LogP contribution in [0.1, 0.15) is 38.3 Å². The standard InChI is InChI=1S/C16H20ClN/c1-3-7-16(18-4-2)14-10-11-15(17)13-9-6-5-8-12(13)14/h5-6,8-11,16,18H,3-4,7H2,1-2H3. The van der Waals surface area contributed by atoms with Crippen LogP contribution in [0.5, 0.6) is 0 Å². The first kappa shape index (κ1) is 13.4. The van der Waals surface area contributed by atoms with E-state index in [1.807, 2.05) is 12.1 Å². The maximum Gasteiger partial charge on any atom is 0.0484 e. The summed E-state index contributed by atoms with van der Waals surface area (Å²) < 4.78 is 0. The van der Waals surface area contributed by atoms with Gasteiger partial charge in [-0.1, -0.05) is 62.2 Å². The third kappa shape index (κ3) is 2.68. The van der Waals surface area contributed by atoms with Gasteiger partial charge in [0.2, 0.25) is 0 Å². The molecule has 0 aliphatic carbocycles. The molecule has 2 aromatic rings. The number of nitrogens with one attached hydrogen (secondary N) is 1. The summed E-state index contributed by atoms with van der Waals surface area (Å²) in [4.78, 5) is 0. The minimum absolute atomic E-state index is 0.419. The lowest BCUT2D eigenvalue weighted by atomic mass is 9.96. The predicted molar refractivity (Wildman–Crippen MR) is 80.3 cm³/mol. The van der Waals surface area contributed by atoms with Gasteiger partial charge in [-0.2, -0.15) is 0 Å². The number of rotatable bonds is 5. The molecule has 0 aliphatic rings.